The minimum absolute atomic E-state index is 0.0162. The van der Waals surface area contributed by atoms with Gasteiger partial charge in [-0.25, -0.2) is 9.18 Å². The molecule has 0 aromatic heterocycles. The molecule has 0 aliphatic heterocycles. The number of hydrogen-bond donors (Lipinski definition) is 1. The quantitative estimate of drug-likeness (QED) is 0.643. The molecule has 0 radical (unpaired) electrons. The van der Waals surface area contributed by atoms with E-state index in [2.05, 4.69) is 0 Å². The van der Waals surface area contributed by atoms with Crippen LogP contribution in [0.4, 0.5) is 15.8 Å². The second-order valence-electron chi connectivity index (χ2n) is 5.10. The Kier molecular flexibility index (Phi) is 6.07. The molecular weight excluding hydrogens is 325 g/mol. The van der Waals surface area contributed by atoms with Gasteiger partial charge in [0.25, 0.3) is 5.91 Å². The van der Waals surface area contributed by atoms with Crippen LogP contribution in [-0.2, 0) is 9.53 Å². The van der Waals surface area contributed by atoms with E-state index < -0.39 is 24.3 Å². The van der Waals surface area contributed by atoms with Crippen LogP contribution in [0.1, 0.15) is 16.8 Å². The number of carbonyl (C=O) groups is 2. The number of amides is 1. The van der Waals surface area contributed by atoms with Crippen LogP contribution in [0.2, 0.25) is 0 Å². The number of nitrogens with two attached hydrogens (primary N) is 1. The van der Waals surface area contributed by atoms with Gasteiger partial charge in [0.15, 0.2) is 6.61 Å². The Morgan fingerprint density at radius 2 is 1.92 bits per heavy atom. The van der Waals surface area contributed by atoms with Gasteiger partial charge in [-0.2, -0.15) is 5.26 Å². The van der Waals surface area contributed by atoms with Crippen molar-refractivity contribution in [2.45, 2.75) is 6.42 Å². The fraction of sp³-hybridized carbons (Fsp3) is 0.167. The van der Waals surface area contributed by atoms with Crippen LogP contribution in [0, 0.1) is 17.1 Å². The highest BCUT2D eigenvalue weighted by Crippen LogP contribution is 2.16. The second-order valence-corrected chi connectivity index (χ2v) is 5.10. The zero-order valence-corrected chi connectivity index (χ0v) is 13.3. The molecule has 2 aromatic carbocycles. The summed E-state index contributed by atoms with van der Waals surface area (Å²) in [7, 11) is 0. The summed E-state index contributed by atoms with van der Waals surface area (Å²) < 4.78 is 18.0. The Bertz CT molecular complexity index is 803. The summed E-state index contributed by atoms with van der Waals surface area (Å²) in [5.41, 5.74) is 6.09. The SMILES string of the molecule is N#CCCN(C(=O)COC(=O)c1ccc(F)cc1N)c1ccccc1. The zero-order chi connectivity index (χ0) is 18.2. The van der Waals surface area contributed by atoms with Crippen molar-refractivity contribution in [2.75, 3.05) is 23.8 Å². The van der Waals surface area contributed by atoms with E-state index in [1.54, 1.807) is 30.3 Å². The van der Waals surface area contributed by atoms with Crippen LogP contribution in [0.25, 0.3) is 0 Å². The first-order valence-corrected chi connectivity index (χ1v) is 7.47. The molecule has 128 valence electrons. The van der Waals surface area contributed by atoms with Crippen molar-refractivity contribution in [3.8, 4) is 6.07 Å². The van der Waals surface area contributed by atoms with Crippen LogP contribution in [-0.4, -0.2) is 25.0 Å². The van der Waals surface area contributed by atoms with Gasteiger partial charge in [0.1, 0.15) is 5.82 Å². The molecule has 1 amide bonds. The molecule has 0 bridgehead atoms. The number of nitrogen functional groups attached to an aromatic ring is 1. The van der Waals surface area contributed by atoms with E-state index in [0.29, 0.717) is 5.69 Å². The lowest BCUT2D eigenvalue weighted by molar-refractivity contribution is -0.121. The highest BCUT2D eigenvalue weighted by atomic mass is 19.1. The Balaban J connectivity index is 2.05. The molecule has 0 heterocycles. The van der Waals surface area contributed by atoms with Crippen LogP contribution in [0.15, 0.2) is 48.5 Å². The molecule has 2 N–H and O–H groups in total. The Hall–Kier alpha value is -3.40. The number of anilines is 2. The molecule has 0 aliphatic rings. The summed E-state index contributed by atoms with van der Waals surface area (Å²) in [4.78, 5) is 25.7. The lowest BCUT2D eigenvalue weighted by Crippen LogP contribution is -2.35. The lowest BCUT2D eigenvalue weighted by atomic mass is 10.2. The highest BCUT2D eigenvalue weighted by Gasteiger charge is 2.19. The molecule has 0 aliphatic carbocycles. The first-order valence-electron chi connectivity index (χ1n) is 7.47. The Morgan fingerprint density at radius 1 is 1.20 bits per heavy atom. The minimum atomic E-state index is -0.820. The summed E-state index contributed by atoms with van der Waals surface area (Å²) >= 11 is 0. The maximum Gasteiger partial charge on any atom is 0.340 e. The summed E-state index contributed by atoms with van der Waals surface area (Å²) in [6, 6.07) is 14.0. The Labute approximate surface area is 144 Å². The zero-order valence-electron chi connectivity index (χ0n) is 13.3. The first-order chi connectivity index (χ1) is 12.0. The summed E-state index contributed by atoms with van der Waals surface area (Å²) in [6.07, 6.45) is 0.138. The third-order valence-electron chi connectivity index (χ3n) is 3.38. The van der Waals surface area contributed by atoms with Crippen LogP contribution in [0.3, 0.4) is 0 Å². The van der Waals surface area contributed by atoms with E-state index in [1.165, 1.54) is 11.0 Å². The standard InChI is InChI=1S/C18H16FN3O3/c19-13-7-8-15(16(21)11-13)18(24)25-12-17(23)22(10-4-9-20)14-5-2-1-3-6-14/h1-3,5-8,11H,4,10,12,21H2. The second kappa shape index (κ2) is 8.45. The van der Waals surface area contributed by atoms with E-state index >= 15 is 0 Å². The number of esters is 1. The molecule has 0 unspecified atom stereocenters. The monoisotopic (exact) mass is 341 g/mol. The molecule has 0 fully saturated rings. The molecule has 2 aromatic rings. The average molecular weight is 341 g/mol. The largest absolute Gasteiger partial charge is 0.452 e. The van der Waals surface area contributed by atoms with Gasteiger partial charge in [0.05, 0.1) is 18.1 Å². The van der Waals surface area contributed by atoms with E-state index in [-0.39, 0.29) is 24.2 Å². The molecule has 0 saturated heterocycles. The number of rotatable bonds is 6. The lowest BCUT2D eigenvalue weighted by Gasteiger charge is -2.21. The first kappa shape index (κ1) is 17.9. The van der Waals surface area contributed by atoms with Gasteiger partial charge in [-0.05, 0) is 30.3 Å². The molecule has 0 spiro atoms. The number of ether oxygens (including phenoxy) is 1. The van der Waals surface area contributed by atoms with Crippen molar-refractivity contribution in [2.24, 2.45) is 0 Å². The number of para-hydroxylation sites is 1. The molecular formula is C18H16FN3O3. The molecule has 0 atom stereocenters. The summed E-state index contributed by atoms with van der Waals surface area (Å²) in [5, 5.41) is 8.75. The number of nitriles is 1. The van der Waals surface area contributed by atoms with Gasteiger partial charge >= 0.3 is 5.97 Å². The number of nitrogens with zero attached hydrogens (tertiary/aromatic N) is 2. The molecule has 0 saturated carbocycles. The predicted octanol–water partition coefficient (Wildman–Crippen LogP) is 2.51. The van der Waals surface area contributed by atoms with Crippen molar-refractivity contribution in [3.05, 3.63) is 59.9 Å². The van der Waals surface area contributed by atoms with E-state index in [4.69, 9.17) is 15.7 Å². The maximum absolute atomic E-state index is 13.0. The normalized spacial score (nSPS) is 9.92. The van der Waals surface area contributed by atoms with Gasteiger partial charge in [0, 0.05) is 17.9 Å². The fourth-order valence-electron chi connectivity index (χ4n) is 2.17. The third kappa shape index (κ3) is 4.78. The number of benzene rings is 2. The summed E-state index contributed by atoms with van der Waals surface area (Å²) in [6.45, 7) is -0.342. The predicted molar refractivity (Wildman–Crippen MR) is 90.1 cm³/mol. The van der Waals surface area contributed by atoms with Crippen molar-refractivity contribution in [1.82, 2.24) is 0 Å². The van der Waals surface area contributed by atoms with E-state index in [0.717, 1.165) is 12.1 Å². The molecule has 6 nitrogen and oxygen atoms in total. The number of hydrogen-bond acceptors (Lipinski definition) is 5. The fourth-order valence-corrected chi connectivity index (χ4v) is 2.17. The van der Waals surface area contributed by atoms with E-state index in [1.807, 2.05) is 6.07 Å². The van der Waals surface area contributed by atoms with Crippen LogP contribution in [0.5, 0.6) is 0 Å². The average Bonchev–Trinajstić information content (AvgIpc) is 2.61. The van der Waals surface area contributed by atoms with Gasteiger partial charge in [-0.3, -0.25) is 4.79 Å². The van der Waals surface area contributed by atoms with Crippen molar-refractivity contribution in [3.63, 3.8) is 0 Å². The highest BCUT2D eigenvalue weighted by molar-refractivity contribution is 5.99. The molecule has 25 heavy (non-hydrogen) atoms. The topological polar surface area (TPSA) is 96.4 Å². The van der Waals surface area contributed by atoms with Crippen LogP contribution >= 0.6 is 0 Å². The number of carbonyl (C=O) groups excluding carboxylic acids is 2. The summed E-state index contributed by atoms with van der Waals surface area (Å²) in [5.74, 6) is -1.87. The van der Waals surface area contributed by atoms with Crippen molar-refractivity contribution < 1.29 is 18.7 Å². The van der Waals surface area contributed by atoms with Gasteiger partial charge in [-0.1, -0.05) is 18.2 Å². The van der Waals surface area contributed by atoms with E-state index in [9.17, 15) is 14.0 Å². The van der Waals surface area contributed by atoms with Crippen molar-refractivity contribution in [1.29, 1.82) is 5.26 Å². The van der Waals surface area contributed by atoms with Gasteiger partial charge in [-0.15, -0.1) is 0 Å². The molecule has 2 rings (SSSR count). The third-order valence-corrected chi connectivity index (χ3v) is 3.38. The minimum Gasteiger partial charge on any atom is -0.452 e. The smallest absolute Gasteiger partial charge is 0.340 e. The maximum atomic E-state index is 13.0. The molecule has 7 heteroatoms. The van der Waals surface area contributed by atoms with Crippen molar-refractivity contribution >= 4 is 23.3 Å². The van der Waals surface area contributed by atoms with Gasteiger partial charge in [0.2, 0.25) is 0 Å². The van der Waals surface area contributed by atoms with Gasteiger partial charge < -0.3 is 15.4 Å². The van der Waals surface area contributed by atoms with Crippen LogP contribution < -0.4 is 10.6 Å². The number of halogens is 1. The Morgan fingerprint density at radius 3 is 2.56 bits per heavy atom.